The molecule has 2 rings (SSSR count). The van der Waals surface area contributed by atoms with Crippen LogP contribution >= 0.6 is 0 Å². The van der Waals surface area contributed by atoms with Gasteiger partial charge in [-0.2, -0.15) is 15.0 Å². The van der Waals surface area contributed by atoms with Crippen LogP contribution in [0.1, 0.15) is 26.7 Å². The van der Waals surface area contributed by atoms with Crippen molar-refractivity contribution in [3.05, 3.63) is 0 Å². The Kier molecular flexibility index (Phi) is 4.94. The number of nitrogens with two attached hydrogens (primary N) is 1. The van der Waals surface area contributed by atoms with E-state index in [9.17, 15) is 0 Å². The van der Waals surface area contributed by atoms with Crippen LogP contribution in [0.4, 0.5) is 17.8 Å². The lowest BCUT2D eigenvalue weighted by molar-refractivity contribution is 0.263. The van der Waals surface area contributed by atoms with Crippen molar-refractivity contribution >= 4 is 17.8 Å². The Morgan fingerprint density at radius 1 is 1.30 bits per heavy atom. The molecule has 0 aromatic carbocycles. The van der Waals surface area contributed by atoms with Gasteiger partial charge in [0.05, 0.1) is 0 Å². The van der Waals surface area contributed by atoms with Gasteiger partial charge in [0.1, 0.15) is 0 Å². The molecule has 0 bridgehead atoms. The summed E-state index contributed by atoms with van der Waals surface area (Å²) in [4.78, 5) is 17.2. The Bertz CT molecular complexity index is 437. The van der Waals surface area contributed by atoms with E-state index in [1.165, 1.54) is 0 Å². The molecule has 1 aliphatic heterocycles. The number of aromatic nitrogens is 3. The number of aliphatic hydroxyl groups is 1. The average molecular weight is 280 g/mol. The zero-order valence-electron chi connectivity index (χ0n) is 12.3. The first-order valence-electron chi connectivity index (χ1n) is 7.30. The molecular weight excluding hydrogens is 256 g/mol. The fourth-order valence-corrected chi connectivity index (χ4v) is 2.59. The van der Waals surface area contributed by atoms with Gasteiger partial charge in [0.25, 0.3) is 0 Å². The molecule has 0 amide bonds. The molecule has 1 saturated heterocycles. The second kappa shape index (κ2) is 6.69. The van der Waals surface area contributed by atoms with Gasteiger partial charge in [-0.15, -0.1) is 0 Å². The van der Waals surface area contributed by atoms with Crippen molar-refractivity contribution in [2.75, 3.05) is 48.3 Å². The van der Waals surface area contributed by atoms with Crippen LogP contribution in [0, 0.1) is 5.92 Å². The molecule has 1 aliphatic rings. The SMILES string of the molecule is CCN(CC)c1nc(N)nc(N2CCC(CCO)C2)n1. The Hall–Kier alpha value is -1.63. The minimum absolute atomic E-state index is 0.239. The predicted octanol–water partition coefficient (Wildman–Crippen LogP) is 0.509. The van der Waals surface area contributed by atoms with Crippen LogP contribution in [0.25, 0.3) is 0 Å². The molecule has 1 aromatic heterocycles. The number of rotatable bonds is 6. The summed E-state index contributed by atoms with van der Waals surface area (Å²) < 4.78 is 0. The average Bonchev–Trinajstić information content (AvgIpc) is 2.89. The van der Waals surface area contributed by atoms with E-state index in [-0.39, 0.29) is 12.6 Å². The van der Waals surface area contributed by atoms with E-state index in [0.717, 1.165) is 39.0 Å². The predicted molar refractivity (Wildman–Crippen MR) is 79.8 cm³/mol. The number of nitrogens with zero attached hydrogens (tertiary/aromatic N) is 5. The number of anilines is 3. The highest BCUT2D eigenvalue weighted by Crippen LogP contribution is 2.24. The summed E-state index contributed by atoms with van der Waals surface area (Å²) in [7, 11) is 0. The molecule has 0 aliphatic carbocycles. The monoisotopic (exact) mass is 280 g/mol. The van der Waals surface area contributed by atoms with Crippen molar-refractivity contribution in [2.45, 2.75) is 26.7 Å². The lowest BCUT2D eigenvalue weighted by Crippen LogP contribution is -2.28. The van der Waals surface area contributed by atoms with Gasteiger partial charge in [0, 0.05) is 32.8 Å². The molecule has 7 heteroatoms. The van der Waals surface area contributed by atoms with Gasteiger partial charge >= 0.3 is 0 Å². The normalized spacial score (nSPS) is 18.6. The van der Waals surface area contributed by atoms with Crippen molar-refractivity contribution in [3.63, 3.8) is 0 Å². The third kappa shape index (κ3) is 3.27. The van der Waals surface area contributed by atoms with Gasteiger partial charge < -0.3 is 20.6 Å². The molecule has 2 heterocycles. The number of nitrogen functional groups attached to an aromatic ring is 1. The van der Waals surface area contributed by atoms with Crippen LogP contribution in [0.2, 0.25) is 0 Å². The van der Waals surface area contributed by atoms with Crippen LogP contribution in [-0.4, -0.2) is 52.8 Å². The van der Waals surface area contributed by atoms with E-state index in [1.54, 1.807) is 0 Å². The topological polar surface area (TPSA) is 91.4 Å². The van der Waals surface area contributed by atoms with Gasteiger partial charge in [-0.05, 0) is 32.6 Å². The molecule has 1 atom stereocenters. The van der Waals surface area contributed by atoms with Crippen LogP contribution in [0.5, 0.6) is 0 Å². The second-order valence-electron chi connectivity index (χ2n) is 5.08. The standard InChI is InChI=1S/C13H24N6O/c1-3-18(4-2)12-15-11(14)16-13(17-12)19-7-5-10(9-19)6-8-20/h10,20H,3-9H2,1-2H3,(H2,14,15,16,17). The maximum Gasteiger partial charge on any atom is 0.231 e. The van der Waals surface area contributed by atoms with Crippen molar-refractivity contribution in [2.24, 2.45) is 5.92 Å². The summed E-state index contributed by atoms with van der Waals surface area (Å²) in [6, 6.07) is 0. The number of hydrogen-bond donors (Lipinski definition) is 2. The molecule has 7 nitrogen and oxygen atoms in total. The smallest absolute Gasteiger partial charge is 0.231 e. The summed E-state index contributed by atoms with van der Waals surface area (Å²) in [5.41, 5.74) is 5.81. The van der Waals surface area contributed by atoms with Gasteiger partial charge in [-0.3, -0.25) is 0 Å². The quantitative estimate of drug-likeness (QED) is 0.784. The minimum atomic E-state index is 0.239. The van der Waals surface area contributed by atoms with Gasteiger partial charge in [0.15, 0.2) is 0 Å². The zero-order chi connectivity index (χ0) is 14.5. The first-order chi connectivity index (χ1) is 9.67. The summed E-state index contributed by atoms with van der Waals surface area (Å²) in [5, 5.41) is 9.02. The van der Waals surface area contributed by atoms with Crippen molar-refractivity contribution in [1.29, 1.82) is 0 Å². The minimum Gasteiger partial charge on any atom is -0.396 e. The molecule has 0 spiro atoms. The van der Waals surface area contributed by atoms with E-state index in [2.05, 4.69) is 38.6 Å². The first kappa shape index (κ1) is 14.8. The lowest BCUT2D eigenvalue weighted by Gasteiger charge is -2.21. The van der Waals surface area contributed by atoms with Gasteiger partial charge in [-0.25, -0.2) is 0 Å². The van der Waals surface area contributed by atoms with E-state index in [0.29, 0.717) is 17.8 Å². The van der Waals surface area contributed by atoms with Gasteiger partial charge in [-0.1, -0.05) is 0 Å². The fourth-order valence-electron chi connectivity index (χ4n) is 2.59. The highest BCUT2D eigenvalue weighted by molar-refractivity contribution is 5.44. The van der Waals surface area contributed by atoms with Crippen LogP contribution < -0.4 is 15.5 Å². The third-order valence-electron chi connectivity index (χ3n) is 3.78. The molecule has 1 fully saturated rings. The zero-order valence-corrected chi connectivity index (χ0v) is 12.3. The third-order valence-corrected chi connectivity index (χ3v) is 3.78. The van der Waals surface area contributed by atoms with Crippen LogP contribution in [0.15, 0.2) is 0 Å². The molecule has 112 valence electrons. The Morgan fingerprint density at radius 2 is 2.05 bits per heavy atom. The lowest BCUT2D eigenvalue weighted by atomic mass is 10.1. The van der Waals surface area contributed by atoms with E-state index in [1.807, 2.05) is 0 Å². The Labute approximate surface area is 119 Å². The molecule has 20 heavy (non-hydrogen) atoms. The maximum atomic E-state index is 9.02. The summed E-state index contributed by atoms with van der Waals surface area (Å²) in [6.07, 6.45) is 1.90. The molecule has 1 unspecified atom stereocenters. The number of aliphatic hydroxyl groups excluding tert-OH is 1. The van der Waals surface area contributed by atoms with Crippen molar-refractivity contribution < 1.29 is 5.11 Å². The molecule has 1 aromatic rings. The maximum absolute atomic E-state index is 9.02. The number of hydrogen-bond acceptors (Lipinski definition) is 7. The molecular formula is C13H24N6O. The molecule has 0 radical (unpaired) electrons. The highest BCUT2D eigenvalue weighted by atomic mass is 16.3. The fraction of sp³-hybridized carbons (Fsp3) is 0.769. The van der Waals surface area contributed by atoms with E-state index >= 15 is 0 Å². The Balaban J connectivity index is 2.16. The van der Waals surface area contributed by atoms with Crippen molar-refractivity contribution in [1.82, 2.24) is 15.0 Å². The summed E-state index contributed by atoms with van der Waals surface area (Å²) >= 11 is 0. The first-order valence-corrected chi connectivity index (χ1v) is 7.30. The summed E-state index contributed by atoms with van der Waals surface area (Å²) in [5.74, 6) is 2.07. The highest BCUT2D eigenvalue weighted by Gasteiger charge is 2.25. The van der Waals surface area contributed by atoms with Gasteiger partial charge in [0.2, 0.25) is 17.8 Å². The van der Waals surface area contributed by atoms with E-state index in [4.69, 9.17) is 10.8 Å². The second-order valence-corrected chi connectivity index (χ2v) is 5.08. The largest absolute Gasteiger partial charge is 0.396 e. The van der Waals surface area contributed by atoms with E-state index < -0.39 is 0 Å². The Morgan fingerprint density at radius 3 is 2.70 bits per heavy atom. The molecule has 3 N–H and O–H groups in total. The van der Waals surface area contributed by atoms with Crippen molar-refractivity contribution in [3.8, 4) is 0 Å². The van der Waals surface area contributed by atoms with Crippen LogP contribution in [0.3, 0.4) is 0 Å². The summed E-state index contributed by atoms with van der Waals surface area (Å²) in [6.45, 7) is 7.84. The molecule has 0 saturated carbocycles. The van der Waals surface area contributed by atoms with Crippen LogP contribution in [-0.2, 0) is 0 Å².